The molecule has 0 radical (unpaired) electrons. The highest BCUT2D eigenvalue weighted by molar-refractivity contribution is 5.76. The molecule has 0 saturated heterocycles. The monoisotopic (exact) mass is 500 g/mol. The second-order valence-electron chi connectivity index (χ2n) is 7.85. The van der Waals surface area contributed by atoms with Gasteiger partial charge in [-0.1, -0.05) is 12.1 Å². The Balaban J connectivity index is 2.13. The van der Waals surface area contributed by atoms with Gasteiger partial charge in [-0.15, -0.1) is 0 Å². The molecule has 1 aliphatic rings. The highest BCUT2D eigenvalue weighted by atomic mass is 16.6. The lowest BCUT2D eigenvalue weighted by atomic mass is 9.93. The molecule has 2 aromatic rings. The Morgan fingerprint density at radius 3 is 1.83 bits per heavy atom. The zero-order valence-electron chi connectivity index (χ0n) is 20.2. The predicted molar refractivity (Wildman–Crippen MR) is 121 cm³/mol. The topological polar surface area (TPSA) is 141 Å². The normalized spacial score (nSPS) is 16.0. The maximum Gasteiger partial charge on any atom is 0.308 e. The molecular weight excluding hydrogens is 476 g/mol. The smallest absolute Gasteiger partial charge is 0.308 e. The molecule has 0 fully saturated rings. The van der Waals surface area contributed by atoms with E-state index in [-0.39, 0.29) is 35.2 Å². The van der Waals surface area contributed by atoms with Crippen molar-refractivity contribution in [2.45, 2.75) is 53.2 Å². The van der Waals surface area contributed by atoms with Crippen molar-refractivity contribution in [3.63, 3.8) is 0 Å². The minimum Gasteiger partial charge on any atom is -0.477 e. The summed E-state index contributed by atoms with van der Waals surface area (Å²) >= 11 is 0. The van der Waals surface area contributed by atoms with Crippen molar-refractivity contribution in [2.24, 2.45) is 0 Å². The number of rotatable bonds is 6. The predicted octanol–water partition coefficient (Wildman–Crippen LogP) is 3.00. The molecule has 3 rings (SSSR count). The third-order valence-electron chi connectivity index (χ3n) is 4.78. The number of carbonyl (C=O) groups is 5. The van der Waals surface area contributed by atoms with Gasteiger partial charge in [-0.3, -0.25) is 24.0 Å². The molecule has 0 saturated carbocycles. The molecule has 2 atom stereocenters. The molecule has 0 bridgehead atoms. The van der Waals surface area contributed by atoms with Crippen LogP contribution in [0.2, 0.25) is 0 Å². The van der Waals surface area contributed by atoms with Gasteiger partial charge >= 0.3 is 29.8 Å². The van der Waals surface area contributed by atoms with Crippen LogP contribution in [0, 0.1) is 0 Å². The van der Waals surface area contributed by atoms with E-state index >= 15 is 0 Å². The van der Waals surface area contributed by atoms with Crippen LogP contribution in [0.25, 0.3) is 0 Å². The Labute approximate surface area is 206 Å². The van der Waals surface area contributed by atoms with E-state index in [1.807, 2.05) is 0 Å². The molecule has 190 valence electrons. The summed E-state index contributed by atoms with van der Waals surface area (Å²) in [6.45, 7) is 5.99. The highest BCUT2D eigenvalue weighted by Gasteiger charge is 2.37. The SMILES string of the molecule is CC(=O)Oc1ccc([C@H]2Oc3c(ccc(OC(C)=O)c3OC(C)=O)C[C@@H]2OC(C)=O)cc1OC(C)=O. The Bertz CT molecular complexity index is 1230. The molecule has 2 aromatic carbocycles. The van der Waals surface area contributed by atoms with Crippen LogP contribution in [-0.4, -0.2) is 36.0 Å². The van der Waals surface area contributed by atoms with Gasteiger partial charge in [0, 0.05) is 52.2 Å². The quantitative estimate of drug-likeness (QED) is 0.427. The Morgan fingerprint density at radius 1 is 0.694 bits per heavy atom. The third kappa shape index (κ3) is 6.38. The molecule has 0 aromatic heterocycles. The molecule has 11 heteroatoms. The van der Waals surface area contributed by atoms with Gasteiger partial charge in [-0.05, 0) is 18.2 Å². The molecule has 0 aliphatic carbocycles. The first-order valence-electron chi connectivity index (χ1n) is 10.8. The molecule has 1 aliphatic heterocycles. The van der Waals surface area contributed by atoms with E-state index in [1.54, 1.807) is 12.1 Å². The van der Waals surface area contributed by atoms with Gasteiger partial charge in [0.25, 0.3) is 0 Å². The van der Waals surface area contributed by atoms with Crippen LogP contribution in [0.5, 0.6) is 28.7 Å². The van der Waals surface area contributed by atoms with E-state index < -0.39 is 42.1 Å². The van der Waals surface area contributed by atoms with Gasteiger partial charge < -0.3 is 28.4 Å². The molecule has 0 spiro atoms. The van der Waals surface area contributed by atoms with E-state index in [9.17, 15) is 24.0 Å². The lowest BCUT2D eigenvalue weighted by Crippen LogP contribution is -2.34. The maximum atomic E-state index is 11.8. The van der Waals surface area contributed by atoms with Crippen molar-refractivity contribution in [3.8, 4) is 28.7 Å². The Kier molecular flexibility index (Phi) is 7.93. The summed E-state index contributed by atoms with van der Waals surface area (Å²) in [6.07, 6.45) is -1.64. The molecule has 0 unspecified atom stereocenters. The van der Waals surface area contributed by atoms with Crippen molar-refractivity contribution in [3.05, 3.63) is 41.5 Å². The molecule has 0 amide bonds. The number of carbonyl (C=O) groups excluding carboxylic acids is 5. The fourth-order valence-electron chi connectivity index (χ4n) is 3.65. The van der Waals surface area contributed by atoms with E-state index in [0.29, 0.717) is 11.1 Å². The van der Waals surface area contributed by atoms with Gasteiger partial charge in [0.2, 0.25) is 5.75 Å². The first-order valence-corrected chi connectivity index (χ1v) is 10.8. The summed E-state index contributed by atoms with van der Waals surface area (Å²) in [5, 5.41) is 0. The van der Waals surface area contributed by atoms with Crippen molar-refractivity contribution < 1.29 is 52.4 Å². The number of ether oxygens (including phenoxy) is 6. The van der Waals surface area contributed by atoms with Crippen LogP contribution in [0.15, 0.2) is 30.3 Å². The molecular formula is C25H24O11. The molecule has 1 heterocycles. The van der Waals surface area contributed by atoms with Crippen molar-refractivity contribution >= 4 is 29.8 Å². The number of hydrogen-bond acceptors (Lipinski definition) is 11. The van der Waals surface area contributed by atoms with Crippen LogP contribution in [0.1, 0.15) is 51.8 Å². The fourth-order valence-corrected chi connectivity index (χ4v) is 3.65. The van der Waals surface area contributed by atoms with E-state index in [4.69, 9.17) is 28.4 Å². The second-order valence-corrected chi connectivity index (χ2v) is 7.85. The Hall–Kier alpha value is -4.41. The van der Waals surface area contributed by atoms with E-state index in [0.717, 1.165) is 0 Å². The van der Waals surface area contributed by atoms with Crippen molar-refractivity contribution in [1.82, 2.24) is 0 Å². The summed E-state index contributed by atoms with van der Waals surface area (Å²) in [5.41, 5.74) is 0.923. The molecule has 36 heavy (non-hydrogen) atoms. The van der Waals surface area contributed by atoms with Gasteiger partial charge in [0.05, 0.1) is 0 Å². The standard InChI is InChI=1S/C25H24O11/c1-12(26)31-19-8-6-17(10-21(19)33-14(3)28)23-22(34-15(4)29)11-18-7-9-20(32-13(2)27)25(24(18)36-23)35-16(5)30/h6-10,22-23H,11H2,1-5H3/t22-,23+/m0/s1. The highest BCUT2D eigenvalue weighted by Crippen LogP contribution is 2.48. The first kappa shape index (κ1) is 26.2. The fraction of sp³-hybridized carbons (Fsp3) is 0.320. The summed E-state index contributed by atoms with van der Waals surface area (Å²) < 4.78 is 32.5. The van der Waals surface area contributed by atoms with Gasteiger partial charge in [-0.2, -0.15) is 0 Å². The van der Waals surface area contributed by atoms with Crippen LogP contribution in [0.3, 0.4) is 0 Å². The van der Waals surface area contributed by atoms with Crippen LogP contribution < -0.4 is 23.7 Å². The summed E-state index contributed by atoms with van der Waals surface area (Å²) in [5.74, 6) is -3.26. The summed E-state index contributed by atoms with van der Waals surface area (Å²) in [7, 11) is 0. The van der Waals surface area contributed by atoms with Gasteiger partial charge in [-0.25, -0.2) is 0 Å². The molecule has 0 N–H and O–H groups in total. The largest absolute Gasteiger partial charge is 0.477 e. The zero-order valence-corrected chi connectivity index (χ0v) is 20.2. The van der Waals surface area contributed by atoms with Crippen molar-refractivity contribution in [2.75, 3.05) is 0 Å². The Morgan fingerprint density at radius 2 is 1.25 bits per heavy atom. The minimum atomic E-state index is -0.969. The molecule has 11 nitrogen and oxygen atoms in total. The van der Waals surface area contributed by atoms with Crippen molar-refractivity contribution in [1.29, 1.82) is 0 Å². The first-order chi connectivity index (χ1) is 16.9. The number of benzene rings is 2. The lowest BCUT2D eigenvalue weighted by Gasteiger charge is -2.34. The third-order valence-corrected chi connectivity index (χ3v) is 4.78. The van der Waals surface area contributed by atoms with Crippen LogP contribution in [0.4, 0.5) is 0 Å². The summed E-state index contributed by atoms with van der Waals surface area (Å²) in [6, 6.07) is 7.40. The minimum absolute atomic E-state index is 0.000516. The number of esters is 5. The zero-order chi connectivity index (χ0) is 26.6. The van der Waals surface area contributed by atoms with E-state index in [1.165, 1.54) is 52.8 Å². The van der Waals surface area contributed by atoms with E-state index in [2.05, 4.69) is 0 Å². The lowest BCUT2D eigenvalue weighted by molar-refractivity contribution is -0.152. The average Bonchev–Trinajstić information content (AvgIpc) is 2.74. The van der Waals surface area contributed by atoms with Crippen LogP contribution >= 0.6 is 0 Å². The average molecular weight is 500 g/mol. The number of fused-ring (bicyclic) bond motifs is 1. The van der Waals surface area contributed by atoms with Crippen LogP contribution in [-0.2, 0) is 35.1 Å². The van der Waals surface area contributed by atoms with Gasteiger partial charge in [0.1, 0.15) is 6.10 Å². The second kappa shape index (κ2) is 10.9. The number of hydrogen-bond donors (Lipinski definition) is 0. The van der Waals surface area contributed by atoms with Gasteiger partial charge in [0.15, 0.2) is 29.1 Å². The summed E-state index contributed by atoms with van der Waals surface area (Å²) in [4.78, 5) is 58.3. The maximum absolute atomic E-state index is 11.8.